The zero-order valence-electron chi connectivity index (χ0n) is 9.33. The zero-order chi connectivity index (χ0) is 12.4. The summed E-state index contributed by atoms with van der Waals surface area (Å²) in [5.41, 5.74) is 0.778. The lowest BCUT2D eigenvalue weighted by Gasteiger charge is -2.23. The summed E-state index contributed by atoms with van der Waals surface area (Å²) in [4.78, 5) is 23.2. The number of hydrogen-bond acceptors (Lipinski definition) is 3. The highest BCUT2D eigenvalue weighted by atomic mass is 19.1. The minimum Gasteiger partial charge on any atom is -0.465 e. The number of hydrogen-bond donors (Lipinski definition) is 1. The van der Waals surface area contributed by atoms with Gasteiger partial charge in [-0.2, -0.15) is 0 Å². The van der Waals surface area contributed by atoms with E-state index in [0.29, 0.717) is 11.3 Å². The molecule has 4 nitrogen and oxygen atoms in total. The molecule has 0 aromatic heterocycles. The largest absolute Gasteiger partial charge is 0.465 e. The van der Waals surface area contributed by atoms with Gasteiger partial charge in [0.2, 0.25) is 5.91 Å². The van der Waals surface area contributed by atoms with Crippen LogP contribution in [0, 0.1) is 11.7 Å². The maximum atomic E-state index is 13.5. The molecule has 0 spiro atoms. The van der Waals surface area contributed by atoms with Crippen LogP contribution in [0.25, 0.3) is 0 Å². The molecule has 1 aromatic carbocycles. The molecule has 0 fully saturated rings. The van der Waals surface area contributed by atoms with Crippen molar-refractivity contribution >= 4 is 17.6 Å². The third-order valence-corrected chi connectivity index (χ3v) is 2.67. The van der Waals surface area contributed by atoms with E-state index in [-0.39, 0.29) is 13.0 Å². The normalized spacial score (nSPS) is 18.2. The lowest BCUT2D eigenvalue weighted by molar-refractivity contribution is -0.151. The molecule has 1 N–H and O–H groups in total. The van der Waals surface area contributed by atoms with E-state index in [9.17, 15) is 14.0 Å². The summed E-state index contributed by atoms with van der Waals surface area (Å²) in [6, 6.07) is 4.43. The molecule has 5 heteroatoms. The van der Waals surface area contributed by atoms with Crippen molar-refractivity contribution in [3.8, 4) is 0 Å². The van der Waals surface area contributed by atoms with Gasteiger partial charge in [0.05, 0.1) is 6.61 Å². The molecular weight excluding hydrogens is 225 g/mol. The van der Waals surface area contributed by atoms with E-state index in [1.54, 1.807) is 13.0 Å². The standard InChI is InChI=1S/C12H12FNO3/c1-2-17-12(16)8-6-7-9(13)4-3-5-10(7)14-11(8)15/h3-5,8H,2,6H2,1H3,(H,14,15)/t8-/m1/s1. The van der Waals surface area contributed by atoms with Crippen LogP contribution in [-0.2, 0) is 20.7 Å². The molecule has 1 heterocycles. The highest BCUT2D eigenvalue weighted by Gasteiger charge is 2.34. The SMILES string of the molecule is CCOC(=O)[C@@H]1Cc2c(F)cccc2NC1=O. The summed E-state index contributed by atoms with van der Waals surface area (Å²) in [6.07, 6.45) is 0.0483. The number of rotatable bonds is 2. The maximum Gasteiger partial charge on any atom is 0.318 e. The van der Waals surface area contributed by atoms with Crippen molar-refractivity contribution in [1.82, 2.24) is 0 Å². The van der Waals surface area contributed by atoms with E-state index in [1.165, 1.54) is 12.1 Å². The topological polar surface area (TPSA) is 55.4 Å². The van der Waals surface area contributed by atoms with Gasteiger partial charge in [0.1, 0.15) is 11.7 Å². The molecule has 0 saturated heterocycles. The van der Waals surface area contributed by atoms with Gasteiger partial charge in [-0.15, -0.1) is 0 Å². The van der Waals surface area contributed by atoms with Crippen molar-refractivity contribution in [2.24, 2.45) is 5.92 Å². The molecule has 2 rings (SSSR count). The summed E-state index contributed by atoms with van der Waals surface area (Å²) in [6.45, 7) is 1.86. The Kier molecular flexibility index (Phi) is 3.08. The summed E-state index contributed by atoms with van der Waals surface area (Å²) < 4.78 is 18.3. The number of esters is 1. The number of fused-ring (bicyclic) bond motifs is 1. The third-order valence-electron chi connectivity index (χ3n) is 2.67. The fraction of sp³-hybridized carbons (Fsp3) is 0.333. The van der Waals surface area contributed by atoms with Crippen molar-refractivity contribution in [2.75, 3.05) is 11.9 Å². The van der Waals surface area contributed by atoms with Crippen molar-refractivity contribution in [3.05, 3.63) is 29.6 Å². The second-order valence-corrected chi connectivity index (χ2v) is 3.76. The van der Waals surface area contributed by atoms with Crippen LogP contribution in [0.15, 0.2) is 18.2 Å². The lowest BCUT2D eigenvalue weighted by atomic mass is 9.93. The Morgan fingerprint density at radius 3 is 3.06 bits per heavy atom. The molecule has 0 saturated carbocycles. The van der Waals surface area contributed by atoms with E-state index in [1.807, 2.05) is 0 Å². The number of nitrogens with one attached hydrogen (secondary N) is 1. The smallest absolute Gasteiger partial charge is 0.318 e. The van der Waals surface area contributed by atoms with E-state index >= 15 is 0 Å². The van der Waals surface area contributed by atoms with Gasteiger partial charge in [0.25, 0.3) is 0 Å². The number of ether oxygens (including phenoxy) is 1. The number of carbonyl (C=O) groups excluding carboxylic acids is 2. The predicted molar refractivity (Wildman–Crippen MR) is 58.9 cm³/mol. The van der Waals surface area contributed by atoms with E-state index in [0.717, 1.165) is 0 Å². The van der Waals surface area contributed by atoms with Gasteiger partial charge in [-0.25, -0.2) is 4.39 Å². The summed E-state index contributed by atoms with van der Waals surface area (Å²) in [5, 5.41) is 2.51. The monoisotopic (exact) mass is 237 g/mol. The van der Waals surface area contributed by atoms with Crippen molar-refractivity contribution in [2.45, 2.75) is 13.3 Å². The molecule has 17 heavy (non-hydrogen) atoms. The predicted octanol–water partition coefficient (Wildman–Crippen LogP) is 1.50. The zero-order valence-corrected chi connectivity index (χ0v) is 9.33. The lowest BCUT2D eigenvalue weighted by Crippen LogP contribution is -2.37. The average Bonchev–Trinajstić information content (AvgIpc) is 2.29. The first kappa shape index (κ1) is 11.6. The number of benzene rings is 1. The first-order valence-electron chi connectivity index (χ1n) is 5.38. The van der Waals surface area contributed by atoms with Gasteiger partial charge in [-0.05, 0) is 25.5 Å². The summed E-state index contributed by atoms with van der Waals surface area (Å²) >= 11 is 0. The van der Waals surface area contributed by atoms with Crippen LogP contribution in [0.3, 0.4) is 0 Å². The number of carbonyl (C=O) groups is 2. The number of amides is 1. The highest BCUT2D eigenvalue weighted by molar-refractivity contribution is 6.07. The molecule has 1 atom stereocenters. The quantitative estimate of drug-likeness (QED) is 0.626. The van der Waals surface area contributed by atoms with Gasteiger partial charge in [0, 0.05) is 11.3 Å². The Morgan fingerprint density at radius 2 is 2.35 bits per heavy atom. The average molecular weight is 237 g/mol. The fourth-order valence-electron chi connectivity index (χ4n) is 1.83. The molecule has 1 aliphatic rings. The van der Waals surface area contributed by atoms with Gasteiger partial charge >= 0.3 is 5.97 Å². The van der Waals surface area contributed by atoms with Gasteiger partial charge in [0.15, 0.2) is 0 Å². The Morgan fingerprint density at radius 1 is 1.59 bits per heavy atom. The van der Waals surface area contributed by atoms with Gasteiger partial charge < -0.3 is 10.1 Å². The Hall–Kier alpha value is -1.91. The molecule has 1 aliphatic heterocycles. The second kappa shape index (κ2) is 4.53. The second-order valence-electron chi connectivity index (χ2n) is 3.76. The first-order valence-corrected chi connectivity index (χ1v) is 5.38. The van der Waals surface area contributed by atoms with Gasteiger partial charge in [-0.3, -0.25) is 9.59 Å². The van der Waals surface area contributed by atoms with Crippen LogP contribution in [0.4, 0.5) is 10.1 Å². The number of anilines is 1. The minimum atomic E-state index is -0.959. The molecular formula is C12H12FNO3. The maximum absolute atomic E-state index is 13.5. The minimum absolute atomic E-state index is 0.0483. The van der Waals surface area contributed by atoms with E-state index in [4.69, 9.17) is 4.74 Å². The molecule has 90 valence electrons. The Balaban J connectivity index is 2.29. The van der Waals surface area contributed by atoms with Crippen LogP contribution in [-0.4, -0.2) is 18.5 Å². The van der Waals surface area contributed by atoms with Crippen LogP contribution < -0.4 is 5.32 Å². The molecule has 0 aliphatic carbocycles. The van der Waals surface area contributed by atoms with Crippen molar-refractivity contribution in [3.63, 3.8) is 0 Å². The molecule has 1 aromatic rings. The first-order chi connectivity index (χ1) is 8.13. The van der Waals surface area contributed by atoms with Crippen LogP contribution in [0.1, 0.15) is 12.5 Å². The summed E-state index contributed by atoms with van der Waals surface area (Å²) in [5.74, 6) is -2.43. The van der Waals surface area contributed by atoms with E-state index < -0.39 is 23.6 Å². The molecule has 1 amide bonds. The Labute approximate surface area is 97.8 Å². The number of halogens is 1. The van der Waals surface area contributed by atoms with Crippen LogP contribution >= 0.6 is 0 Å². The third kappa shape index (κ3) is 2.13. The van der Waals surface area contributed by atoms with Crippen LogP contribution in [0.2, 0.25) is 0 Å². The fourth-order valence-corrected chi connectivity index (χ4v) is 1.83. The molecule has 0 unspecified atom stereocenters. The van der Waals surface area contributed by atoms with Crippen LogP contribution in [0.5, 0.6) is 0 Å². The molecule has 0 bridgehead atoms. The summed E-state index contributed by atoms with van der Waals surface area (Å²) in [7, 11) is 0. The van der Waals surface area contributed by atoms with Gasteiger partial charge in [-0.1, -0.05) is 6.07 Å². The van der Waals surface area contributed by atoms with Crippen molar-refractivity contribution in [1.29, 1.82) is 0 Å². The highest BCUT2D eigenvalue weighted by Crippen LogP contribution is 2.28. The van der Waals surface area contributed by atoms with Crippen molar-refractivity contribution < 1.29 is 18.7 Å². The Bertz CT molecular complexity index is 473. The van der Waals surface area contributed by atoms with E-state index in [2.05, 4.69) is 5.32 Å². The molecule has 0 radical (unpaired) electrons.